The van der Waals surface area contributed by atoms with Crippen molar-refractivity contribution >= 4 is 12.0 Å². The second-order valence-corrected chi connectivity index (χ2v) is 4.26. The maximum absolute atomic E-state index is 10.7. The van der Waals surface area contributed by atoms with Gasteiger partial charge in [0.25, 0.3) is 0 Å². The van der Waals surface area contributed by atoms with Gasteiger partial charge in [-0.3, -0.25) is 4.79 Å². The molecule has 2 aromatic carbocycles. The Morgan fingerprint density at radius 1 is 1.10 bits per heavy atom. The van der Waals surface area contributed by atoms with Crippen molar-refractivity contribution in [2.24, 2.45) is 0 Å². The van der Waals surface area contributed by atoms with E-state index < -0.39 is 0 Å². The van der Waals surface area contributed by atoms with E-state index in [9.17, 15) is 4.79 Å². The van der Waals surface area contributed by atoms with E-state index in [0.29, 0.717) is 6.42 Å². The Labute approximate surface area is 138 Å². The molecular formula is C18H21FeNO-6. The fraction of sp³-hybridized carbons (Fsp3) is 0.167. The summed E-state index contributed by atoms with van der Waals surface area (Å²) in [6.45, 7) is 7.96. The second-order valence-electron chi connectivity index (χ2n) is 4.26. The molecular weight excluding hydrogens is 302 g/mol. The summed E-state index contributed by atoms with van der Waals surface area (Å²) in [7, 11) is 0. The predicted molar refractivity (Wildman–Crippen MR) is 85.3 cm³/mol. The van der Waals surface area contributed by atoms with Crippen LogP contribution in [0.2, 0.25) is 0 Å². The molecule has 0 unspecified atom stereocenters. The zero-order valence-electron chi connectivity index (χ0n) is 12.1. The van der Waals surface area contributed by atoms with Gasteiger partial charge in [-0.15, -0.1) is 23.8 Å². The van der Waals surface area contributed by atoms with Crippen LogP contribution in [0.5, 0.6) is 0 Å². The molecule has 0 aromatic heterocycles. The summed E-state index contributed by atoms with van der Waals surface area (Å²) in [6.07, 6.45) is 5.12. The Hall–Kier alpha value is -1.83. The van der Waals surface area contributed by atoms with Crippen molar-refractivity contribution in [3.8, 4) is 0 Å². The average Bonchev–Trinajstić information content (AvgIpc) is 3.23. The standard InChI is InChI=1S/C7H7.C6H9NO.C5H5.Fe/c1-2-7-5-3-4-6-7;1-2-7-5-3-4-6(7)8;1-2-4-5-3-1;/h2-6H,1H2;2H,1,3-5H2;1-5H;/q-1;;-5;. The molecule has 2 nitrogen and oxygen atoms in total. The van der Waals surface area contributed by atoms with E-state index in [1.54, 1.807) is 11.1 Å². The Bertz CT molecular complexity index is 468. The van der Waals surface area contributed by atoms with Crippen LogP contribution in [-0.2, 0) is 21.9 Å². The molecule has 21 heavy (non-hydrogen) atoms. The van der Waals surface area contributed by atoms with Gasteiger partial charge in [0.1, 0.15) is 0 Å². The zero-order valence-corrected chi connectivity index (χ0v) is 13.2. The fourth-order valence-corrected chi connectivity index (χ4v) is 1.71. The van der Waals surface area contributed by atoms with Crippen LogP contribution in [-0.4, -0.2) is 17.4 Å². The van der Waals surface area contributed by atoms with E-state index in [-0.39, 0.29) is 23.0 Å². The zero-order chi connectivity index (χ0) is 14.6. The van der Waals surface area contributed by atoms with Crippen molar-refractivity contribution in [3.05, 3.63) is 79.5 Å². The first-order valence-electron chi connectivity index (χ1n) is 6.70. The van der Waals surface area contributed by atoms with Crippen molar-refractivity contribution in [3.63, 3.8) is 0 Å². The van der Waals surface area contributed by atoms with Gasteiger partial charge in [0.2, 0.25) is 5.91 Å². The van der Waals surface area contributed by atoms with Crippen molar-refractivity contribution in [2.75, 3.05) is 6.54 Å². The minimum Gasteiger partial charge on any atom is -0.748 e. The van der Waals surface area contributed by atoms with Gasteiger partial charge in [0, 0.05) is 30.0 Å². The summed E-state index contributed by atoms with van der Waals surface area (Å²) in [5.41, 5.74) is 1.19. The van der Waals surface area contributed by atoms with Crippen LogP contribution < -0.4 is 0 Å². The summed E-state index contributed by atoms with van der Waals surface area (Å²) in [5, 5.41) is 0. The molecule has 1 heterocycles. The van der Waals surface area contributed by atoms with Gasteiger partial charge in [-0.05, 0) is 12.6 Å². The Morgan fingerprint density at radius 3 is 1.86 bits per heavy atom. The third-order valence-corrected chi connectivity index (χ3v) is 2.81. The van der Waals surface area contributed by atoms with E-state index in [4.69, 9.17) is 0 Å². The molecule has 3 rings (SSSR count). The molecule has 3 heteroatoms. The quantitative estimate of drug-likeness (QED) is 0.599. The first-order valence-corrected chi connectivity index (χ1v) is 6.70. The fourth-order valence-electron chi connectivity index (χ4n) is 1.71. The molecule has 0 atom stereocenters. The number of hydrogen-bond acceptors (Lipinski definition) is 1. The second kappa shape index (κ2) is 12.0. The number of hydrogen-bond donors (Lipinski definition) is 0. The Kier molecular flexibility index (Phi) is 10.9. The molecule has 1 fully saturated rings. The average molecular weight is 323 g/mol. The van der Waals surface area contributed by atoms with Gasteiger partial charge in [0.15, 0.2) is 0 Å². The maximum Gasteiger partial charge on any atom is 0.226 e. The topological polar surface area (TPSA) is 20.3 Å². The van der Waals surface area contributed by atoms with Gasteiger partial charge in [-0.2, -0.15) is 18.7 Å². The molecule has 0 bridgehead atoms. The number of carbonyl (C=O) groups excluding carboxylic acids is 1. The first-order chi connectivity index (χ1) is 9.77. The molecule has 0 spiro atoms. The van der Waals surface area contributed by atoms with Gasteiger partial charge >= 0.3 is 0 Å². The van der Waals surface area contributed by atoms with Gasteiger partial charge in [-0.25, -0.2) is 0 Å². The van der Waals surface area contributed by atoms with Crippen LogP contribution >= 0.6 is 0 Å². The van der Waals surface area contributed by atoms with Crippen LogP contribution in [0.1, 0.15) is 18.4 Å². The molecule has 0 saturated carbocycles. The SMILES string of the molecule is C=CN1CCCC1=O.C=C[c-]1cccc1.[Fe].[cH-]1[cH-][cH-][cH-][cH-]1. The van der Waals surface area contributed by atoms with Crippen LogP contribution in [0.15, 0.2) is 74.0 Å². The van der Waals surface area contributed by atoms with Crippen LogP contribution in [0.3, 0.4) is 0 Å². The largest absolute Gasteiger partial charge is 0.748 e. The monoisotopic (exact) mass is 323 g/mol. The van der Waals surface area contributed by atoms with E-state index >= 15 is 0 Å². The first kappa shape index (κ1) is 19.2. The van der Waals surface area contributed by atoms with Crippen molar-refractivity contribution in [1.82, 2.24) is 4.90 Å². The third kappa shape index (κ3) is 8.13. The van der Waals surface area contributed by atoms with E-state index in [2.05, 4.69) is 13.2 Å². The number of nitrogens with zero attached hydrogens (tertiary/aromatic N) is 1. The minimum atomic E-state index is 0. The van der Waals surface area contributed by atoms with Crippen LogP contribution in [0, 0.1) is 0 Å². The molecule has 0 N–H and O–H groups in total. The Morgan fingerprint density at radius 2 is 1.62 bits per heavy atom. The normalized spacial score (nSPS) is 12.2. The van der Waals surface area contributed by atoms with E-state index in [0.717, 1.165) is 13.0 Å². The molecule has 2 aromatic rings. The summed E-state index contributed by atoms with van der Waals surface area (Å²) < 4.78 is 0. The van der Waals surface area contributed by atoms with Crippen LogP contribution in [0.25, 0.3) is 6.08 Å². The minimum absolute atomic E-state index is 0. The molecule has 0 aliphatic carbocycles. The Balaban J connectivity index is 0.000000286. The summed E-state index contributed by atoms with van der Waals surface area (Å²) >= 11 is 0. The molecule has 0 radical (unpaired) electrons. The van der Waals surface area contributed by atoms with Gasteiger partial charge < -0.3 is 35.2 Å². The van der Waals surface area contributed by atoms with E-state index in [1.807, 2.05) is 60.7 Å². The third-order valence-electron chi connectivity index (χ3n) is 2.81. The summed E-state index contributed by atoms with van der Waals surface area (Å²) in [5.74, 6) is 0.208. The summed E-state index contributed by atoms with van der Waals surface area (Å²) in [4.78, 5) is 12.3. The van der Waals surface area contributed by atoms with Crippen molar-refractivity contribution in [2.45, 2.75) is 12.8 Å². The number of carbonyl (C=O) groups is 1. The predicted octanol–water partition coefficient (Wildman–Crippen LogP) is 4.20. The molecule has 1 aliphatic rings. The number of rotatable bonds is 2. The van der Waals surface area contributed by atoms with Gasteiger partial charge in [0.05, 0.1) is 0 Å². The van der Waals surface area contributed by atoms with E-state index in [1.165, 1.54) is 5.56 Å². The van der Waals surface area contributed by atoms with Crippen LogP contribution in [0.4, 0.5) is 0 Å². The summed E-state index contributed by atoms with van der Waals surface area (Å²) in [6, 6.07) is 18.0. The maximum atomic E-state index is 10.7. The molecule has 1 aliphatic heterocycles. The molecule has 1 amide bonds. The van der Waals surface area contributed by atoms with Crippen molar-refractivity contribution in [1.29, 1.82) is 0 Å². The number of likely N-dealkylation sites (tertiary alicyclic amines) is 1. The number of amides is 1. The molecule has 1 saturated heterocycles. The molecule has 118 valence electrons. The van der Waals surface area contributed by atoms with Crippen molar-refractivity contribution < 1.29 is 21.9 Å². The smallest absolute Gasteiger partial charge is 0.226 e. The van der Waals surface area contributed by atoms with Gasteiger partial charge in [-0.1, -0.05) is 6.58 Å².